The number of hydrogen-bond acceptors (Lipinski definition) is 4. The fraction of sp³-hybridized carbons (Fsp3) is 0.316. The van der Waals surface area contributed by atoms with E-state index in [0.29, 0.717) is 35.2 Å². The van der Waals surface area contributed by atoms with Gasteiger partial charge in [-0.05, 0) is 36.2 Å². The van der Waals surface area contributed by atoms with Gasteiger partial charge in [0.1, 0.15) is 5.75 Å². The van der Waals surface area contributed by atoms with E-state index < -0.39 is 10.8 Å². The van der Waals surface area contributed by atoms with Gasteiger partial charge in [-0.3, -0.25) is 9.00 Å². The summed E-state index contributed by atoms with van der Waals surface area (Å²) >= 11 is 6.13. The van der Waals surface area contributed by atoms with Gasteiger partial charge in [-0.15, -0.1) is 0 Å². The van der Waals surface area contributed by atoms with Crippen LogP contribution >= 0.6 is 11.6 Å². The summed E-state index contributed by atoms with van der Waals surface area (Å²) in [4.78, 5) is 14.7. The maximum Gasteiger partial charge on any atom is 0.260 e. The van der Waals surface area contributed by atoms with Crippen molar-refractivity contribution in [2.45, 2.75) is 23.2 Å². The van der Waals surface area contributed by atoms with Crippen LogP contribution in [0.15, 0.2) is 53.4 Å². The molecule has 5 nitrogen and oxygen atoms in total. The van der Waals surface area contributed by atoms with Gasteiger partial charge in [0.25, 0.3) is 5.91 Å². The number of halogens is 1. The van der Waals surface area contributed by atoms with E-state index in [2.05, 4.69) is 0 Å². The Kier molecular flexibility index (Phi) is 6.29. The molecular weight excluding hydrogens is 374 g/mol. The van der Waals surface area contributed by atoms with E-state index in [0.717, 1.165) is 5.56 Å². The number of nitrogens with zero attached hydrogens (tertiary/aromatic N) is 1. The zero-order chi connectivity index (χ0) is 18.5. The highest BCUT2D eigenvalue weighted by molar-refractivity contribution is 7.85. The minimum Gasteiger partial charge on any atom is -0.484 e. The van der Waals surface area contributed by atoms with Crippen molar-refractivity contribution in [1.29, 1.82) is 0 Å². The van der Waals surface area contributed by atoms with Crippen LogP contribution in [0, 0.1) is 0 Å². The fourth-order valence-corrected chi connectivity index (χ4v) is 4.68. The first-order valence-electron chi connectivity index (χ1n) is 8.34. The van der Waals surface area contributed by atoms with Crippen LogP contribution in [-0.4, -0.2) is 45.1 Å². The molecule has 7 heteroatoms. The molecule has 2 aromatic carbocycles. The van der Waals surface area contributed by atoms with Crippen molar-refractivity contribution in [1.82, 2.24) is 4.90 Å². The molecule has 1 fully saturated rings. The number of benzene rings is 2. The second kappa shape index (κ2) is 8.66. The number of ether oxygens (including phenoxy) is 1. The van der Waals surface area contributed by atoms with E-state index in [1.54, 1.807) is 47.4 Å². The summed E-state index contributed by atoms with van der Waals surface area (Å²) in [6.07, 6.45) is 0.675. The molecule has 1 saturated heterocycles. The van der Waals surface area contributed by atoms with Gasteiger partial charge < -0.3 is 14.7 Å². The van der Waals surface area contributed by atoms with Crippen molar-refractivity contribution in [2.75, 3.05) is 19.7 Å². The summed E-state index contributed by atoms with van der Waals surface area (Å²) in [5.74, 6) is 0.445. The summed E-state index contributed by atoms with van der Waals surface area (Å²) in [6.45, 7) is 0.900. The monoisotopic (exact) mass is 393 g/mol. The minimum atomic E-state index is -1.24. The lowest BCUT2D eigenvalue weighted by atomic mass is 10.2. The van der Waals surface area contributed by atoms with E-state index in [1.165, 1.54) is 0 Å². The van der Waals surface area contributed by atoms with Crippen LogP contribution < -0.4 is 4.74 Å². The van der Waals surface area contributed by atoms with Crippen molar-refractivity contribution >= 4 is 28.3 Å². The molecule has 138 valence electrons. The van der Waals surface area contributed by atoms with Gasteiger partial charge in [0.05, 0.1) is 32.6 Å². The predicted octanol–water partition coefficient (Wildman–Crippen LogP) is 2.62. The molecule has 0 spiro atoms. The number of aliphatic hydroxyl groups is 1. The van der Waals surface area contributed by atoms with Gasteiger partial charge in [-0.25, -0.2) is 0 Å². The Balaban J connectivity index is 1.53. The van der Waals surface area contributed by atoms with Gasteiger partial charge in [0.2, 0.25) is 0 Å². The lowest BCUT2D eigenvalue weighted by Crippen LogP contribution is -2.34. The molecule has 1 aliphatic rings. The Hall–Kier alpha value is -1.89. The SMILES string of the molecule is O=C(COc1ccc(CO)cc1)N1CCC(S(=O)c2ccccc2Cl)C1. The Morgan fingerprint density at radius 2 is 1.96 bits per heavy atom. The van der Waals surface area contributed by atoms with Crippen LogP contribution in [0.5, 0.6) is 5.75 Å². The highest BCUT2D eigenvalue weighted by atomic mass is 35.5. The largest absolute Gasteiger partial charge is 0.484 e. The summed E-state index contributed by atoms with van der Waals surface area (Å²) in [6, 6.07) is 14.0. The van der Waals surface area contributed by atoms with Crippen molar-refractivity contribution in [3.8, 4) is 5.75 Å². The van der Waals surface area contributed by atoms with Crippen LogP contribution in [-0.2, 0) is 22.2 Å². The lowest BCUT2D eigenvalue weighted by molar-refractivity contribution is -0.132. The van der Waals surface area contributed by atoms with Crippen molar-refractivity contribution in [3.05, 3.63) is 59.1 Å². The number of carbonyl (C=O) groups excluding carboxylic acids is 1. The summed E-state index contributed by atoms with van der Waals surface area (Å²) < 4.78 is 18.2. The molecule has 0 radical (unpaired) electrons. The number of aliphatic hydroxyl groups excluding tert-OH is 1. The van der Waals surface area contributed by atoms with Gasteiger partial charge in [0.15, 0.2) is 6.61 Å². The maximum absolute atomic E-state index is 12.7. The van der Waals surface area contributed by atoms with Crippen LogP contribution in [0.4, 0.5) is 0 Å². The third-order valence-corrected chi connectivity index (χ3v) is 6.54. The molecule has 0 bridgehead atoms. The number of hydrogen-bond donors (Lipinski definition) is 1. The van der Waals surface area contributed by atoms with Crippen LogP contribution in [0.3, 0.4) is 0 Å². The smallest absolute Gasteiger partial charge is 0.260 e. The molecule has 2 unspecified atom stereocenters. The molecule has 0 aromatic heterocycles. The van der Waals surface area contributed by atoms with Gasteiger partial charge in [-0.2, -0.15) is 0 Å². The average molecular weight is 394 g/mol. The van der Waals surface area contributed by atoms with Crippen molar-refractivity contribution < 1.29 is 18.8 Å². The van der Waals surface area contributed by atoms with Crippen molar-refractivity contribution in [3.63, 3.8) is 0 Å². The highest BCUT2D eigenvalue weighted by Crippen LogP contribution is 2.26. The molecule has 1 aliphatic heterocycles. The number of carbonyl (C=O) groups is 1. The predicted molar refractivity (Wildman–Crippen MR) is 101 cm³/mol. The quantitative estimate of drug-likeness (QED) is 0.819. The molecule has 3 rings (SSSR count). The van der Waals surface area contributed by atoms with Gasteiger partial charge in [-0.1, -0.05) is 35.9 Å². The Morgan fingerprint density at radius 3 is 2.65 bits per heavy atom. The molecule has 0 aliphatic carbocycles. The zero-order valence-corrected chi connectivity index (χ0v) is 15.7. The molecule has 1 N–H and O–H groups in total. The molecule has 0 saturated carbocycles. The van der Waals surface area contributed by atoms with E-state index in [1.807, 2.05) is 6.07 Å². The summed E-state index contributed by atoms with van der Waals surface area (Å²) in [5.41, 5.74) is 0.785. The summed E-state index contributed by atoms with van der Waals surface area (Å²) in [5, 5.41) is 9.39. The van der Waals surface area contributed by atoms with E-state index in [9.17, 15) is 9.00 Å². The molecule has 1 heterocycles. The first-order valence-corrected chi connectivity index (χ1v) is 9.93. The van der Waals surface area contributed by atoms with Crippen LogP contribution in [0.1, 0.15) is 12.0 Å². The summed E-state index contributed by atoms with van der Waals surface area (Å²) in [7, 11) is -1.24. The Bertz CT molecular complexity index is 796. The third-order valence-electron chi connectivity index (χ3n) is 4.32. The maximum atomic E-state index is 12.7. The lowest BCUT2D eigenvalue weighted by Gasteiger charge is -2.17. The first kappa shape index (κ1) is 18.9. The van der Waals surface area contributed by atoms with E-state index >= 15 is 0 Å². The van der Waals surface area contributed by atoms with Gasteiger partial charge in [0, 0.05) is 13.1 Å². The molecule has 2 aromatic rings. The second-order valence-corrected chi connectivity index (χ2v) is 8.18. The van der Waals surface area contributed by atoms with E-state index in [-0.39, 0.29) is 24.4 Å². The average Bonchev–Trinajstić information content (AvgIpc) is 3.16. The van der Waals surface area contributed by atoms with Crippen molar-refractivity contribution in [2.24, 2.45) is 0 Å². The number of likely N-dealkylation sites (tertiary alicyclic amines) is 1. The zero-order valence-electron chi connectivity index (χ0n) is 14.1. The molecular formula is C19H20ClNO4S. The third kappa shape index (κ3) is 4.44. The second-order valence-electron chi connectivity index (χ2n) is 6.07. The Morgan fingerprint density at radius 1 is 1.23 bits per heavy atom. The molecule has 1 amide bonds. The minimum absolute atomic E-state index is 0.0308. The normalized spacial score (nSPS) is 17.9. The molecule has 26 heavy (non-hydrogen) atoms. The topological polar surface area (TPSA) is 66.8 Å². The Labute approximate surface area is 160 Å². The fourth-order valence-electron chi connectivity index (χ4n) is 2.84. The highest BCUT2D eigenvalue weighted by Gasteiger charge is 2.31. The first-order chi connectivity index (χ1) is 12.6. The van der Waals surface area contributed by atoms with Gasteiger partial charge >= 0.3 is 0 Å². The number of amides is 1. The number of rotatable bonds is 6. The molecule has 2 atom stereocenters. The van der Waals surface area contributed by atoms with Crippen LogP contribution in [0.25, 0.3) is 0 Å². The standard InChI is InChI=1S/C19H20ClNO4S/c20-17-3-1-2-4-18(17)26(24)16-9-10-21(11-16)19(23)13-25-15-7-5-14(12-22)6-8-15/h1-8,16,22H,9-13H2. The van der Waals surface area contributed by atoms with E-state index in [4.69, 9.17) is 21.4 Å². The van der Waals surface area contributed by atoms with Crippen LogP contribution in [0.2, 0.25) is 5.02 Å².